The van der Waals surface area contributed by atoms with Crippen LogP contribution in [0.1, 0.15) is 36.6 Å². The second-order valence-corrected chi connectivity index (χ2v) is 6.70. The number of nitrogens with one attached hydrogen (secondary N) is 1. The largest absolute Gasteiger partial charge is 0.485 e. The number of carbonyl (C=O) groups is 1. The van der Waals surface area contributed by atoms with E-state index in [1.54, 1.807) is 32.0 Å². The number of nitrogens with zero attached hydrogens (tertiary/aromatic N) is 1. The van der Waals surface area contributed by atoms with Gasteiger partial charge in [0.2, 0.25) is 0 Å². The topological polar surface area (TPSA) is 91.6 Å². The quantitative estimate of drug-likeness (QED) is 0.886. The first kappa shape index (κ1) is 17.8. The third-order valence-corrected chi connectivity index (χ3v) is 4.38. The Morgan fingerprint density at radius 2 is 2.04 bits per heavy atom. The van der Waals surface area contributed by atoms with E-state index in [0.717, 1.165) is 5.56 Å². The lowest BCUT2D eigenvalue weighted by molar-refractivity contribution is -0.0276. The van der Waals surface area contributed by atoms with Gasteiger partial charge < -0.3 is 19.9 Å². The first-order chi connectivity index (χ1) is 12.4. The molecule has 2 aromatic rings. The van der Waals surface area contributed by atoms with Gasteiger partial charge in [-0.25, -0.2) is 4.79 Å². The van der Waals surface area contributed by atoms with Gasteiger partial charge in [-0.3, -0.25) is 0 Å². The smallest absolute Gasteiger partial charge is 0.407 e. The number of benzene rings is 2. The number of amides is 1. The standard InChI is InChI=1S/C20H20N2O4/c1-20(2)18(22-19(24)25-12-13-6-4-3-5-7-13)17(23)15-10-14(11-21)8-9-16(15)26-20/h3-10,17-18,23H,12H2,1-2H3,(H,22,24)/t17-,18+/m1/s1. The third kappa shape index (κ3) is 3.63. The molecule has 26 heavy (non-hydrogen) atoms. The first-order valence-electron chi connectivity index (χ1n) is 8.29. The summed E-state index contributed by atoms with van der Waals surface area (Å²) < 4.78 is 11.2. The van der Waals surface area contributed by atoms with Gasteiger partial charge >= 0.3 is 6.09 Å². The fraction of sp³-hybridized carbons (Fsp3) is 0.300. The van der Waals surface area contributed by atoms with E-state index in [0.29, 0.717) is 16.9 Å². The van der Waals surface area contributed by atoms with Crippen LogP contribution in [0, 0.1) is 11.3 Å². The van der Waals surface area contributed by atoms with Gasteiger partial charge in [0.25, 0.3) is 0 Å². The Labute approximate surface area is 152 Å². The van der Waals surface area contributed by atoms with Crippen LogP contribution in [0.4, 0.5) is 4.79 Å². The summed E-state index contributed by atoms with van der Waals surface area (Å²) in [6.45, 7) is 3.69. The summed E-state index contributed by atoms with van der Waals surface area (Å²) in [5, 5.41) is 22.5. The van der Waals surface area contributed by atoms with E-state index >= 15 is 0 Å². The van der Waals surface area contributed by atoms with Crippen LogP contribution in [0.3, 0.4) is 0 Å². The zero-order valence-corrected chi connectivity index (χ0v) is 14.6. The molecule has 6 heteroatoms. The zero-order chi connectivity index (χ0) is 18.7. The van der Waals surface area contributed by atoms with Crippen LogP contribution in [0.5, 0.6) is 5.75 Å². The molecule has 0 saturated carbocycles. The van der Waals surface area contributed by atoms with Crippen molar-refractivity contribution in [3.05, 3.63) is 65.2 Å². The molecule has 6 nitrogen and oxygen atoms in total. The van der Waals surface area contributed by atoms with Crippen molar-refractivity contribution in [2.24, 2.45) is 0 Å². The van der Waals surface area contributed by atoms with Crippen molar-refractivity contribution in [2.75, 3.05) is 0 Å². The molecular formula is C20H20N2O4. The number of aliphatic hydroxyl groups is 1. The minimum atomic E-state index is -1.02. The predicted octanol–water partition coefficient (Wildman–Crippen LogP) is 3.06. The van der Waals surface area contributed by atoms with Gasteiger partial charge in [0.1, 0.15) is 30.1 Å². The van der Waals surface area contributed by atoms with Crippen molar-refractivity contribution in [3.63, 3.8) is 0 Å². The molecule has 0 bridgehead atoms. The van der Waals surface area contributed by atoms with Crippen LogP contribution in [0.2, 0.25) is 0 Å². The van der Waals surface area contributed by atoms with Gasteiger partial charge in [0.15, 0.2) is 0 Å². The first-order valence-corrected chi connectivity index (χ1v) is 8.29. The molecule has 3 rings (SSSR count). The summed E-state index contributed by atoms with van der Waals surface area (Å²) in [7, 11) is 0. The molecule has 1 amide bonds. The van der Waals surface area contributed by atoms with Crippen LogP contribution < -0.4 is 10.1 Å². The Bertz CT molecular complexity index is 843. The molecular weight excluding hydrogens is 332 g/mol. The second-order valence-electron chi connectivity index (χ2n) is 6.70. The maximum Gasteiger partial charge on any atom is 0.407 e. The molecule has 0 aromatic heterocycles. The fourth-order valence-corrected chi connectivity index (χ4v) is 2.99. The normalized spacial score (nSPS) is 20.2. The van der Waals surface area contributed by atoms with Crippen molar-refractivity contribution in [1.29, 1.82) is 5.26 Å². The summed E-state index contributed by atoms with van der Waals surface area (Å²) >= 11 is 0. The molecule has 2 aromatic carbocycles. The van der Waals surface area contributed by atoms with E-state index < -0.39 is 23.8 Å². The number of carbonyl (C=O) groups excluding carboxylic acids is 1. The summed E-state index contributed by atoms with van der Waals surface area (Å²) in [6, 6.07) is 15.5. The molecule has 0 saturated heterocycles. The molecule has 1 heterocycles. The molecule has 0 fully saturated rings. The van der Waals surface area contributed by atoms with Gasteiger partial charge in [0, 0.05) is 5.56 Å². The highest BCUT2D eigenvalue weighted by atomic mass is 16.6. The highest BCUT2D eigenvalue weighted by Gasteiger charge is 2.44. The predicted molar refractivity (Wildman–Crippen MR) is 94.4 cm³/mol. The Morgan fingerprint density at radius 3 is 2.73 bits per heavy atom. The SMILES string of the molecule is CC1(C)Oc2ccc(C#N)cc2[C@@H](O)[C@@H]1NC(=O)OCc1ccccc1. The van der Waals surface area contributed by atoms with Gasteiger partial charge in [-0.2, -0.15) is 5.26 Å². The van der Waals surface area contributed by atoms with E-state index in [1.165, 1.54) is 0 Å². The number of aliphatic hydroxyl groups excluding tert-OH is 1. The number of nitriles is 1. The van der Waals surface area contributed by atoms with Crippen LogP contribution in [-0.2, 0) is 11.3 Å². The molecule has 0 spiro atoms. The Morgan fingerprint density at radius 1 is 1.31 bits per heavy atom. The summed E-state index contributed by atoms with van der Waals surface area (Å²) in [5.41, 5.74) is 0.895. The monoisotopic (exact) mass is 352 g/mol. The number of hydrogen-bond donors (Lipinski definition) is 2. The summed E-state index contributed by atoms with van der Waals surface area (Å²) in [6.07, 6.45) is -1.67. The van der Waals surface area contributed by atoms with Crippen molar-refractivity contribution in [3.8, 4) is 11.8 Å². The van der Waals surface area contributed by atoms with Crippen molar-refractivity contribution in [2.45, 2.75) is 38.2 Å². The minimum Gasteiger partial charge on any atom is -0.485 e. The average molecular weight is 352 g/mol. The zero-order valence-electron chi connectivity index (χ0n) is 14.6. The lowest BCUT2D eigenvalue weighted by Crippen LogP contribution is -2.57. The number of alkyl carbamates (subject to hydrolysis) is 1. The molecule has 134 valence electrons. The van der Waals surface area contributed by atoms with Gasteiger partial charge in [-0.1, -0.05) is 30.3 Å². The van der Waals surface area contributed by atoms with Crippen LogP contribution >= 0.6 is 0 Å². The van der Waals surface area contributed by atoms with E-state index in [2.05, 4.69) is 5.32 Å². The second kappa shape index (κ2) is 7.06. The summed E-state index contributed by atoms with van der Waals surface area (Å²) in [5.74, 6) is 0.497. The highest BCUT2D eigenvalue weighted by molar-refractivity contribution is 5.68. The Hall–Kier alpha value is -3.04. The highest BCUT2D eigenvalue weighted by Crippen LogP contribution is 2.40. The van der Waals surface area contributed by atoms with Crippen LogP contribution in [0.15, 0.2) is 48.5 Å². The molecule has 2 N–H and O–H groups in total. The Kier molecular flexibility index (Phi) is 4.83. The molecule has 0 radical (unpaired) electrons. The van der Waals surface area contributed by atoms with E-state index in [1.807, 2.05) is 36.4 Å². The van der Waals surface area contributed by atoms with Crippen LogP contribution in [0.25, 0.3) is 0 Å². The molecule has 0 aliphatic carbocycles. The fourth-order valence-electron chi connectivity index (χ4n) is 2.99. The number of rotatable bonds is 3. The number of fused-ring (bicyclic) bond motifs is 1. The minimum absolute atomic E-state index is 0.131. The van der Waals surface area contributed by atoms with E-state index in [-0.39, 0.29) is 6.61 Å². The van der Waals surface area contributed by atoms with Gasteiger partial charge in [-0.05, 0) is 37.6 Å². The van der Waals surface area contributed by atoms with Gasteiger partial charge in [-0.15, -0.1) is 0 Å². The third-order valence-electron chi connectivity index (χ3n) is 4.38. The number of hydrogen-bond acceptors (Lipinski definition) is 5. The van der Waals surface area contributed by atoms with Gasteiger partial charge in [0.05, 0.1) is 11.6 Å². The van der Waals surface area contributed by atoms with Crippen molar-refractivity contribution in [1.82, 2.24) is 5.32 Å². The van der Waals surface area contributed by atoms with E-state index in [9.17, 15) is 9.90 Å². The van der Waals surface area contributed by atoms with Crippen molar-refractivity contribution < 1.29 is 19.4 Å². The maximum absolute atomic E-state index is 12.2. The van der Waals surface area contributed by atoms with Crippen molar-refractivity contribution >= 4 is 6.09 Å². The maximum atomic E-state index is 12.2. The lowest BCUT2D eigenvalue weighted by atomic mass is 9.85. The molecule has 1 aliphatic heterocycles. The summed E-state index contributed by atoms with van der Waals surface area (Å²) in [4.78, 5) is 12.2. The average Bonchev–Trinajstić information content (AvgIpc) is 2.64. The molecule has 0 unspecified atom stereocenters. The lowest BCUT2D eigenvalue weighted by Gasteiger charge is -2.42. The Balaban J connectivity index is 1.73. The molecule has 1 aliphatic rings. The van der Waals surface area contributed by atoms with E-state index in [4.69, 9.17) is 14.7 Å². The number of ether oxygens (including phenoxy) is 2. The van der Waals surface area contributed by atoms with Crippen LogP contribution in [-0.4, -0.2) is 22.8 Å². The molecule has 2 atom stereocenters.